The van der Waals surface area contributed by atoms with E-state index in [2.05, 4.69) is 15.0 Å². The van der Waals surface area contributed by atoms with Crippen LogP contribution in [0.2, 0.25) is 0 Å². The Bertz CT molecular complexity index is 437. The van der Waals surface area contributed by atoms with Gasteiger partial charge in [0.1, 0.15) is 0 Å². The van der Waals surface area contributed by atoms with Crippen molar-refractivity contribution < 1.29 is 0 Å². The predicted octanol–water partition coefficient (Wildman–Crippen LogP) is 1.93. The fourth-order valence-electron chi connectivity index (χ4n) is 2.13. The van der Waals surface area contributed by atoms with Crippen molar-refractivity contribution in [2.75, 3.05) is 20.6 Å². The summed E-state index contributed by atoms with van der Waals surface area (Å²) >= 11 is 1.82. The van der Waals surface area contributed by atoms with Gasteiger partial charge in [0.25, 0.3) is 0 Å². The lowest BCUT2D eigenvalue weighted by atomic mass is 10.2. The quantitative estimate of drug-likeness (QED) is 0.510. The van der Waals surface area contributed by atoms with E-state index in [1.165, 1.54) is 25.7 Å². The summed E-state index contributed by atoms with van der Waals surface area (Å²) in [5.41, 5.74) is 6.84. The summed E-state index contributed by atoms with van der Waals surface area (Å²) in [4.78, 5) is 15.0. The van der Waals surface area contributed by atoms with Crippen molar-refractivity contribution in [2.45, 2.75) is 42.5 Å². The second-order valence-corrected chi connectivity index (χ2v) is 6.55. The Morgan fingerprint density at radius 3 is 2.60 bits per heavy atom. The van der Waals surface area contributed by atoms with E-state index < -0.39 is 0 Å². The molecule has 0 spiro atoms. The van der Waals surface area contributed by atoms with Crippen LogP contribution in [0, 0.1) is 0 Å². The Kier molecular flexibility index (Phi) is 5.64. The van der Waals surface area contributed by atoms with Gasteiger partial charge in [-0.25, -0.2) is 9.97 Å². The summed E-state index contributed by atoms with van der Waals surface area (Å²) in [6, 6.07) is 0. The van der Waals surface area contributed by atoms with Crippen molar-refractivity contribution in [3.05, 3.63) is 18.0 Å². The van der Waals surface area contributed by atoms with Crippen molar-refractivity contribution in [3.8, 4) is 0 Å². The monoisotopic (exact) mass is 293 g/mol. The lowest BCUT2D eigenvalue weighted by molar-refractivity contribution is 0.609. The molecule has 1 saturated carbocycles. The van der Waals surface area contributed by atoms with E-state index in [4.69, 9.17) is 5.73 Å². The molecular formula is C14H23N5S. The van der Waals surface area contributed by atoms with Crippen LogP contribution in [-0.4, -0.2) is 46.7 Å². The van der Waals surface area contributed by atoms with E-state index in [0.29, 0.717) is 17.8 Å². The summed E-state index contributed by atoms with van der Waals surface area (Å²) < 4.78 is 0. The molecule has 1 heterocycles. The number of aliphatic imine (C=N–C) groups is 1. The second kappa shape index (κ2) is 7.47. The first-order valence-corrected chi connectivity index (χ1v) is 7.98. The molecule has 0 radical (unpaired) electrons. The number of guanidine groups is 1. The molecule has 2 rings (SSSR count). The maximum absolute atomic E-state index is 5.74. The molecule has 1 fully saturated rings. The SMILES string of the molecule is CN(C)C(N)=NCCc1cnc(SC2CCCC2)nc1. The Hall–Kier alpha value is -1.30. The Morgan fingerprint density at radius 2 is 2.00 bits per heavy atom. The van der Waals surface area contributed by atoms with Gasteiger partial charge in [0.2, 0.25) is 0 Å². The van der Waals surface area contributed by atoms with Crippen LogP contribution in [0.25, 0.3) is 0 Å². The van der Waals surface area contributed by atoms with Crippen molar-refractivity contribution >= 4 is 17.7 Å². The number of nitrogens with zero attached hydrogens (tertiary/aromatic N) is 4. The van der Waals surface area contributed by atoms with Crippen LogP contribution in [0.1, 0.15) is 31.2 Å². The summed E-state index contributed by atoms with van der Waals surface area (Å²) in [5, 5.41) is 1.61. The minimum atomic E-state index is 0.555. The Labute approximate surface area is 125 Å². The largest absolute Gasteiger partial charge is 0.370 e. The third-order valence-electron chi connectivity index (χ3n) is 3.39. The molecule has 2 N–H and O–H groups in total. The molecule has 0 unspecified atom stereocenters. The van der Waals surface area contributed by atoms with E-state index in [9.17, 15) is 0 Å². The van der Waals surface area contributed by atoms with Crippen molar-refractivity contribution in [3.63, 3.8) is 0 Å². The first-order chi connectivity index (χ1) is 9.65. The highest BCUT2D eigenvalue weighted by atomic mass is 32.2. The van der Waals surface area contributed by atoms with Crippen LogP contribution in [-0.2, 0) is 6.42 Å². The van der Waals surface area contributed by atoms with Gasteiger partial charge in [0.15, 0.2) is 11.1 Å². The highest BCUT2D eigenvalue weighted by Gasteiger charge is 2.17. The van der Waals surface area contributed by atoms with Crippen molar-refractivity contribution in [2.24, 2.45) is 10.7 Å². The molecule has 0 amide bonds. The average molecular weight is 293 g/mol. The van der Waals surface area contributed by atoms with Gasteiger partial charge >= 0.3 is 0 Å². The zero-order valence-electron chi connectivity index (χ0n) is 12.2. The number of rotatable bonds is 5. The predicted molar refractivity (Wildman–Crippen MR) is 84.0 cm³/mol. The van der Waals surface area contributed by atoms with Crippen molar-refractivity contribution in [1.82, 2.24) is 14.9 Å². The minimum Gasteiger partial charge on any atom is -0.370 e. The molecule has 20 heavy (non-hydrogen) atoms. The standard InChI is InChI=1S/C14H23N5S/c1-19(2)13(15)16-8-7-11-9-17-14(18-10-11)20-12-5-3-4-6-12/h9-10,12H,3-8H2,1-2H3,(H2,15,16). The molecule has 1 aliphatic rings. The summed E-state index contributed by atoms with van der Waals surface area (Å²) in [5.74, 6) is 0.555. The molecule has 1 aromatic rings. The molecule has 0 saturated heterocycles. The fraction of sp³-hybridized carbons (Fsp3) is 0.643. The molecule has 0 aliphatic heterocycles. The Morgan fingerprint density at radius 1 is 1.35 bits per heavy atom. The van der Waals surface area contributed by atoms with Gasteiger partial charge in [-0.15, -0.1) is 0 Å². The number of hydrogen-bond acceptors (Lipinski definition) is 4. The maximum atomic E-state index is 5.74. The highest BCUT2D eigenvalue weighted by molar-refractivity contribution is 7.99. The molecule has 0 atom stereocenters. The number of aromatic nitrogens is 2. The first-order valence-electron chi connectivity index (χ1n) is 7.10. The number of nitrogens with two attached hydrogens (primary N) is 1. The second-order valence-electron chi connectivity index (χ2n) is 5.28. The van der Waals surface area contributed by atoms with Gasteiger partial charge in [0, 0.05) is 38.3 Å². The first kappa shape index (κ1) is 15.1. The lowest BCUT2D eigenvalue weighted by Crippen LogP contribution is -2.30. The lowest BCUT2D eigenvalue weighted by Gasteiger charge is -2.10. The zero-order valence-corrected chi connectivity index (χ0v) is 13.1. The molecule has 1 aliphatic carbocycles. The molecule has 5 nitrogen and oxygen atoms in total. The Balaban J connectivity index is 1.80. The van der Waals surface area contributed by atoms with Gasteiger partial charge in [-0.1, -0.05) is 24.6 Å². The van der Waals surface area contributed by atoms with Crippen LogP contribution < -0.4 is 5.73 Å². The third kappa shape index (κ3) is 4.67. The normalized spacial score (nSPS) is 16.6. The van der Waals surface area contributed by atoms with Crippen LogP contribution in [0.15, 0.2) is 22.5 Å². The van der Waals surface area contributed by atoms with Crippen molar-refractivity contribution in [1.29, 1.82) is 0 Å². The van der Waals surface area contributed by atoms with Gasteiger partial charge < -0.3 is 10.6 Å². The molecule has 0 bridgehead atoms. The topological polar surface area (TPSA) is 67.4 Å². The molecular weight excluding hydrogens is 270 g/mol. The molecule has 6 heteroatoms. The van der Waals surface area contributed by atoms with Gasteiger partial charge in [-0.2, -0.15) is 0 Å². The van der Waals surface area contributed by atoms with Gasteiger partial charge in [-0.3, -0.25) is 4.99 Å². The average Bonchev–Trinajstić information content (AvgIpc) is 2.93. The van der Waals surface area contributed by atoms with Crippen LogP contribution in [0.4, 0.5) is 0 Å². The van der Waals surface area contributed by atoms with E-state index in [1.54, 1.807) is 4.90 Å². The fourth-order valence-corrected chi connectivity index (χ4v) is 3.22. The van der Waals surface area contributed by atoms with E-state index in [0.717, 1.165) is 17.1 Å². The third-order valence-corrected chi connectivity index (χ3v) is 4.61. The van der Waals surface area contributed by atoms with Gasteiger partial charge in [0.05, 0.1) is 0 Å². The van der Waals surface area contributed by atoms with Crippen LogP contribution >= 0.6 is 11.8 Å². The van der Waals surface area contributed by atoms with Crippen LogP contribution in [0.5, 0.6) is 0 Å². The maximum Gasteiger partial charge on any atom is 0.190 e. The highest BCUT2D eigenvalue weighted by Crippen LogP contribution is 2.32. The van der Waals surface area contributed by atoms with E-state index in [-0.39, 0.29) is 0 Å². The summed E-state index contributed by atoms with van der Waals surface area (Å²) in [6.07, 6.45) is 9.94. The summed E-state index contributed by atoms with van der Waals surface area (Å²) in [7, 11) is 3.77. The number of hydrogen-bond donors (Lipinski definition) is 1. The molecule has 110 valence electrons. The zero-order chi connectivity index (χ0) is 14.4. The van der Waals surface area contributed by atoms with E-state index >= 15 is 0 Å². The summed E-state index contributed by atoms with van der Waals surface area (Å²) in [6.45, 7) is 0.669. The molecule has 0 aromatic carbocycles. The van der Waals surface area contributed by atoms with Crippen LogP contribution in [0.3, 0.4) is 0 Å². The number of thioether (sulfide) groups is 1. The van der Waals surface area contributed by atoms with E-state index in [1.807, 2.05) is 38.3 Å². The minimum absolute atomic E-state index is 0.555. The molecule has 1 aromatic heterocycles. The van der Waals surface area contributed by atoms with Gasteiger partial charge in [-0.05, 0) is 24.8 Å². The smallest absolute Gasteiger partial charge is 0.190 e.